The molecule has 0 bridgehead atoms. The topological polar surface area (TPSA) is 89.1 Å². The number of thiazole rings is 1. The van der Waals surface area contributed by atoms with Crippen LogP contribution in [0.2, 0.25) is 0 Å². The lowest BCUT2D eigenvalue weighted by Gasteiger charge is -2.18. The van der Waals surface area contributed by atoms with Crippen LogP contribution in [0, 0.1) is 5.82 Å². The van der Waals surface area contributed by atoms with Crippen LogP contribution in [0.15, 0.2) is 60.7 Å². The molecular formula is C26H24FN3O2S. The summed E-state index contributed by atoms with van der Waals surface area (Å²) in [6, 6.07) is 19.4. The monoisotopic (exact) mass is 461 g/mol. The van der Waals surface area contributed by atoms with Crippen LogP contribution in [0.25, 0.3) is 20.9 Å². The molecule has 0 spiro atoms. The number of aryl methyl sites for hydroxylation is 1. The predicted octanol–water partition coefficient (Wildman–Crippen LogP) is 5.31. The van der Waals surface area contributed by atoms with Gasteiger partial charge in [-0.1, -0.05) is 47.7 Å². The second-order valence-electron chi connectivity index (χ2n) is 9.02. The minimum atomic E-state index is -1.34. The molecule has 4 aromatic rings. The first-order valence-electron chi connectivity index (χ1n) is 10.9. The van der Waals surface area contributed by atoms with Gasteiger partial charge in [0.15, 0.2) is 0 Å². The molecule has 1 atom stereocenters. The molecule has 1 saturated carbocycles. The molecule has 2 aromatic carbocycles. The summed E-state index contributed by atoms with van der Waals surface area (Å²) >= 11 is 1.39. The molecule has 1 fully saturated rings. The van der Waals surface area contributed by atoms with Crippen molar-refractivity contribution in [1.82, 2.24) is 9.97 Å². The van der Waals surface area contributed by atoms with Crippen molar-refractivity contribution in [2.45, 2.75) is 43.6 Å². The number of carboxylic acids is 1. The number of nitrogens with two attached hydrogens (primary N) is 1. The molecule has 0 amide bonds. The maximum absolute atomic E-state index is 14.9. The normalized spacial score (nSPS) is 16.5. The van der Waals surface area contributed by atoms with E-state index >= 15 is 0 Å². The fourth-order valence-corrected chi connectivity index (χ4v) is 5.14. The zero-order chi connectivity index (χ0) is 23.2. The van der Waals surface area contributed by atoms with Gasteiger partial charge in [-0.15, -0.1) is 0 Å². The number of carbonyl (C=O) groups is 1. The summed E-state index contributed by atoms with van der Waals surface area (Å²) < 4.78 is 14.9. The van der Waals surface area contributed by atoms with Gasteiger partial charge in [-0.05, 0) is 68.0 Å². The lowest BCUT2D eigenvalue weighted by atomic mass is 9.92. The largest absolute Gasteiger partial charge is 0.480 e. The molecule has 0 unspecified atom stereocenters. The summed E-state index contributed by atoms with van der Waals surface area (Å²) in [5.74, 6) is -1.45. The van der Waals surface area contributed by atoms with E-state index in [9.17, 15) is 9.18 Å². The Morgan fingerprint density at radius 1 is 1.15 bits per heavy atom. The maximum atomic E-state index is 14.9. The van der Waals surface area contributed by atoms with E-state index in [0.29, 0.717) is 22.6 Å². The summed E-state index contributed by atoms with van der Waals surface area (Å²) in [6.07, 6.45) is 2.74. The average Bonchev–Trinajstić information content (AvgIpc) is 3.51. The van der Waals surface area contributed by atoms with Gasteiger partial charge in [0.25, 0.3) is 0 Å². The second kappa shape index (κ2) is 8.01. The maximum Gasteiger partial charge on any atom is 0.323 e. The minimum Gasteiger partial charge on any atom is -0.480 e. The van der Waals surface area contributed by atoms with Crippen LogP contribution in [-0.4, -0.2) is 26.6 Å². The molecule has 168 valence electrons. The van der Waals surface area contributed by atoms with E-state index in [4.69, 9.17) is 15.8 Å². The van der Waals surface area contributed by atoms with Gasteiger partial charge in [0.05, 0.1) is 5.69 Å². The third-order valence-electron chi connectivity index (χ3n) is 6.51. The Labute approximate surface area is 195 Å². The summed E-state index contributed by atoms with van der Waals surface area (Å²) in [4.78, 5) is 21.5. The molecule has 33 heavy (non-hydrogen) atoms. The number of hydrogen-bond acceptors (Lipinski definition) is 5. The number of rotatable bonds is 7. The van der Waals surface area contributed by atoms with Crippen molar-refractivity contribution in [3.8, 4) is 10.6 Å². The van der Waals surface area contributed by atoms with Crippen molar-refractivity contribution in [2.24, 2.45) is 5.73 Å². The van der Waals surface area contributed by atoms with Crippen molar-refractivity contribution in [1.29, 1.82) is 0 Å². The molecule has 3 N–H and O–H groups in total. The van der Waals surface area contributed by atoms with E-state index in [2.05, 4.69) is 29.2 Å². The Morgan fingerprint density at radius 2 is 1.91 bits per heavy atom. The molecule has 2 aromatic heterocycles. The Morgan fingerprint density at radius 3 is 2.58 bits per heavy atom. The van der Waals surface area contributed by atoms with Gasteiger partial charge in [0, 0.05) is 11.0 Å². The van der Waals surface area contributed by atoms with Crippen LogP contribution in [0.5, 0.6) is 0 Å². The quantitative estimate of drug-likeness (QED) is 0.389. The highest BCUT2D eigenvalue weighted by atomic mass is 32.1. The molecule has 0 aliphatic heterocycles. The number of carboxylic acid groups (broad SMARTS) is 1. The van der Waals surface area contributed by atoms with Gasteiger partial charge < -0.3 is 10.8 Å². The van der Waals surface area contributed by atoms with E-state index in [1.54, 1.807) is 12.1 Å². The smallest absolute Gasteiger partial charge is 0.323 e. The van der Waals surface area contributed by atoms with Crippen LogP contribution < -0.4 is 5.73 Å². The van der Waals surface area contributed by atoms with Crippen LogP contribution in [-0.2, 0) is 16.6 Å². The molecule has 1 aliphatic rings. The van der Waals surface area contributed by atoms with Crippen molar-refractivity contribution < 1.29 is 14.3 Å². The summed E-state index contributed by atoms with van der Waals surface area (Å²) in [6.45, 7) is 1.46. The van der Waals surface area contributed by atoms with Gasteiger partial charge in [0.2, 0.25) is 0 Å². The molecule has 1 aliphatic carbocycles. The fraction of sp³-hybridized carbons (Fsp3) is 0.269. The fourth-order valence-electron chi connectivity index (χ4n) is 4.17. The van der Waals surface area contributed by atoms with Crippen LogP contribution in [0.3, 0.4) is 0 Å². The van der Waals surface area contributed by atoms with Crippen molar-refractivity contribution in [2.75, 3.05) is 0 Å². The average molecular weight is 462 g/mol. The molecule has 0 saturated heterocycles. The lowest BCUT2D eigenvalue weighted by molar-refractivity contribution is -0.142. The van der Waals surface area contributed by atoms with Crippen molar-refractivity contribution in [3.05, 3.63) is 83.3 Å². The zero-order valence-electron chi connectivity index (χ0n) is 18.2. The van der Waals surface area contributed by atoms with Crippen molar-refractivity contribution >= 4 is 27.7 Å². The summed E-state index contributed by atoms with van der Waals surface area (Å²) in [7, 11) is 0. The van der Waals surface area contributed by atoms with E-state index in [1.165, 1.54) is 29.9 Å². The third-order valence-corrected chi connectivity index (χ3v) is 7.51. The van der Waals surface area contributed by atoms with Crippen LogP contribution in [0.1, 0.15) is 43.0 Å². The number of benzene rings is 2. The van der Waals surface area contributed by atoms with Crippen LogP contribution >= 0.6 is 11.3 Å². The Balaban J connectivity index is 1.41. The lowest BCUT2D eigenvalue weighted by Crippen LogP contribution is -2.45. The number of pyridine rings is 1. The molecule has 5 rings (SSSR count). The SMILES string of the molecule is C[C@](N)(CCc1ccc(-c2nc3ccc(C4(c5ccccc5)CC4)nc3s2)c(F)c1)C(=O)O. The van der Waals surface area contributed by atoms with Crippen LogP contribution in [0.4, 0.5) is 4.39 Å². The highest BCUT2D eigenvalue weighted by Crippen LogP contribution is 2.53. The highest BCUT2D eigenvalue weighted by molar-refractivity contribution is 7.21. The summed E-state index contributed by atoms with van der Waals surface area (Å²) in [5.41, 5.74) is 8.61. The number of nitrogens with zero attached hydrogens (tertiary/aromatic N) is 2. The van der Waals surface area contributed by atoms with E-state index in [0.717, 1.165) is 28.9 Å². The van der Waals surface area contributed by atoms with E-state index in [-0.39, 0.29) is 17.7 Å². The number of halogens is 1. The van der Waals surface area contributed by atoms with Gasteiger partial charge >= 0.3 is 5.97 Å². The first-order chi connectivity index (χ1) is 15.8. The number of fused-ring (bicyclic) bond motifs is 1. The van der Waals surface area contributed by atoms with Gasteiger partial charge in [0.1, 0.15) is 26.7 Å². The summed E-state index contributed by atoms with van der Waals surface area (Å²) in [5, 5.41) is 9.74. The number of aliphatic carboxylic acids is 1. The molecule has 2 heterocycles. The molecule has 5 nitrogen and oxygen atoms in total. The second-order valence-corrected chi connectivity index (χ2v) is 10.0. The molecule has 0 radical (unpaired) electrons. The first-order valence-corrected chi connectivity index (χ1v) is 11.7. The highest BCUT2D eigenvalue weighted by Gasteiger charge is 2.47. The van der Waals surface area contributed by atoms with E-state index < -0.39 is 11.5 Å². The standard InChI is InChI=1S/C26H24FN3O2S/c1-25(28,24(31)32)12-11-16-7-8-18(19(27)15-16)22-29-20-9-10-21(30-23(20)33-22)26(13-14-26)17-5-3-2-4-6-17/h2-10,15H,11-14,28H2,1H3,(H,31,32)/t25-/m0/s1. The number of hydrogen-bond donors (Lipinski definition) is 2. The minimum absolute atomic E-state index is 0.0278. The Kier molecular flexibility index (Phi) is 5.26. The zero-order valence-corrected chi connectivity index (χ0v) is 19.0. The Hall–Kier alpha value is -3.16. The van der Waals surface area contributed by atoms with Gasteiger partial charge in [-0.3, -0.25) is 4.79 Å². The van der Waals surface area contributed by atoms with E-state index in [1.807, 2.05) is 18.2 Å². The first kappa shape index (κ1) is 21.7. The predicted molar refractivity (Wildman–Crippen MR) is 128 cm³/mol. The van der Waals surface area contributed by atoms with Crippen molar-refractivity contribution in [3.63, 3.8) is 0 Å². The number of aromatic nitrogens is 2. The third kappa shape index (κ3) is 4.03. The van der Waals surface area contributed by atoms with Gasteiger partial charge in [-0.2, -0.15) is 0 Å². The molecule has 7 heteroatoms. The van der Waals surface area contributed by atoms with Gasteiger partial charge in [-0.25, -0.2) is 14.4 Å². The Bertz CT molecular complexity index is 1350. The molecular weight excluding hydrogens is 437 g/mol.